The fourth-order valence-corrected chi connectivity index (χ4v) is 2.20. The van der Waals surface area contributed by atoms with Crippen LogP contribution in [0.3, 0.4) is 0 Å². The number of hydrogen-bond donors (Lipinski definition) is 1. The summed E-state index contributed by atoms with van der Waals surface area (Å²) in [5.41, 5.74) is 5.27. The average Bonchev–Trinajstić information content (AvgIpc) is 2.98. The molecular formula is C13H16N2O5. The zero-order valence-electron chi connectivity index (χ0n) is 10.9. The van der Waals surface area contributed by atoms with E-state index < -0.39 is 30.4 Å². The van der Waals surface area contributed by atoms with Gasteiger partial charge in [-0.3, -0.25) is 9.59 Å². The quantitative estimate of drug-likeness (QED) is 0.799. The fourth-order valence-electron chi connectivity index (χ4n) is 2.20. The Labute approximate surface area is 115 Å². The van der Waals surface area contributed by atoms with Crippen molar-refractivity contribution in [1.82, 2.24) is 4.90 Å². The van der Waals surface area contributed by atoms with Crippen LogP contribution < -0.4 is 5.73 Å². The van der Waals surface area contributed by atoms with Crippen LogP contribution in [-0.2, 0) is 14.3 Å². The van der Waals surface area contributed by atoms with Crippen molar-refractivity contribution in [2.75, 3.05) is 13.2 Å². The van der Waals surface area contributed by atoms with E-state index in [1.807, 2.05) is 0 Å². The Morgan fingerprint density at radius 1 is 1.40 bits per heavy atom. The third-order valence-corrected chi connectivity index (χ3v) is 3.20. The first kappa shape index (κ1) is 14.1. The smallest absolute Gasteiger partial charge is 0.374 e. The molecule has 2 amide bonds. The molecule has 2 rings (SSSR count). The van der Waals surface area contributed by atoms with Crippen molar-refractivity contribution in [3.8, 4) is 0 Å². The van der Waals surface area contributed by atoms with Crippen LogP contribution >= 0.6 is 0 Å². The van der Waals surface area contributed by atoms with E-state index in [-0.39, 0.29) is 5.76 Å². The summed E-state index contributed by atoms with van der Waals surface area (Å²) in [6.45, 7) is 0.0219. The monoisotopic (exact) mass is 280 g/mol. The number of carbonyl (C=O) groups is 3. The van der Waals surface area contributed by atoms with Gasteiger partial charge in [-0.05, 0) is 31.4 Å². The van der Waals surface area contributed by atoms with Crippen molar-refractivity contribution in [1.29, 1.82) is 0 Å². The fraction of sp³-hybridized carbons (Fsp3) is 0.462. The Bertz CT molecular complexity index is 497. The Morgan fingerprint density at radius 3 is 2.85 bits per heavy atom. The molecule has 20 heavy (non-hydrogen) atoms. The van der Waals surface area contributed by atoms with Gasteiger partial charge in [0.25, 0.3) is 5.91 Å². The number of ether oxygens (including phenoxy) is 1. The molecule has 1 aliphatic heterocycles. The molecule has 0 saturated carbocycles. The zero-order chi connectivity index (χ0) is 14.5. The summed E-state index contributed by atoms with van der Waals surface area (Å²) in [5, 5.41) is 0. The highest BCUT2D eigenvalue weighted by atomic mass is 16.5. The number of furan rings is 1. The number of esters is 1. The van der Waals surface area contributed by atoms with Gasteiger partial charge in [-0.15, -0.1) is 0 Å². The normalized spacial score (nSPS) is 18.6. The van der Waals surface area contributed by atoms with Crippen LogP contribution in [0.15, 0.2) is 22.8 Å². The molecule has 7 nitrogen and oxygen atoms in total. The summed E-state index contributed by atoms with van der Waals surface area (Å²) in [4.78, 5) is 36.2. The molecule has 1 aromatic heterocycles. The van der Waals surface area contributed by atoms with Gasteiger partial charge in [0.2, 0.25) is 11.7 Å². The number of piperidine rings is 1. The van der Waals surface area contributed by atoms with Crippen molar-refractivity contribution in [3.05, 3.63) is 24.2 Å². The lowest BCUT2D eigenvalue weighted by Crippen LogP contribution is -2.51. The van der Waals surface area contributed by atoms with Crippen LogP contribution in [0.5, 0.6) is 0 Å². The van der Waals surface area contributed by atoms with Crippen molar-refractivity contribution in [2.24, 2.45) is 5.73 Å². The summed E-state index contributed by atoms with van der Waals surface area (Å²) < 4.78 is 9.71. The van der Waals surface area contributed by atoms with E-state index in [0.717, 1.165) is 12.8 Å². The molecule has 1 fully saturated rings. The number of likely N-dealkylation sites (tertiary alicyclic amines) is 1. The van der Waals surface area contributed by atoms with Crippen molar-refractivity contribution >= 4 is 17.8 Å². The van der Waals surface area contributed by atoms with E-state index in [1.54, 1.807) is 6.07 Å². The van der Waals surface area contributed by atoms with Crippen LogP contribution in [0.2, 0.25) is 0 Å². The molecule has 0 aliphatic carbocycles. The Hall–Kier alpha value is -2.31. The molecule has 0 radical (unpaired) electrons. The first-order valence-electron chi connectivity index (χ1n) is 6.39. The summed E-state index contributed by atoms with van der Waals surface area (Å²) in [5.74, 6) is -1.64. The maximum Gasteiger partial charge on any atom is 0.374 e. The number of hydrogen-bond acceptors (Lipinski definition) is 5. The van der Waals surface area contributed by atoms with Gasteiger partial charge in [0.05, 0.1) is 6.26 Å². The number of amides is 2. The van der Waals surface area contributed by atoms with Crippen LogP contribution in [-0.4, -0.2) is 41.9 Å². The molecule has 2 heterocycles. The number of nitrogens with zero attached hydrogens (tertiary/aromatic N) is 1. The lowest BCUT2D eigenvalue weighted by Gasteiger charge is -2.33. The molecule has 0 unspecified atom stereocenters. The molecular weight excluding hydrogens is 264 g/mol. The van der Waals surface area contributed by atoms with Gasteiger partial charge in [-0.25, -0.2) is 4.79 Å². The number of rotatable bonds is 4. The third kappa shape index (κ3) is 3.17. The first-order chi connectivity index (χ1) is 9.59. The minimum atomic E-state index is -0.712. The van der Waals surface area contributed by atoms with Gasteiger partial charge in [0.15, 0.2) is 6.61 Å². The second-order valence-corrected chi connectivity index (χ2v) is 4.55. The van der Waals surface area contributed by atoms with E-state index in [9.17, 15) is 14.4 Å². The van der Waals surface area contributed by atoms with Crippen LogP contribution in [0.4, 0.5) is 0 Å². The molecule has 1 aliphatic rings. The molecule has 1 aromatic rings. The Morgan fingerprint density at radius 2 is 2.20 bits per heavy atom. The highest BCUT2D eigenvalue weighted by Crippen LogP contribution is 2.17. The molecule has 0 aromatic carbocycles. The van der Waals surface area contributed by atoms with E-state index in [4.69, 9.17) is 14.9 Å². The topological polar surface area (TPSA) is 103 Å². The standard InChI is InChI=1S/C13H16N2O5/c14-12(17)9-4-1-2-6-15(9)11(16)8-20-13(18)10-5-3-7-19-10/h3,5,7,9H,1-2,4,6,8H2,(H2,14,17)/t9-/m1/s1. The zero-order valence-corrected chi connectivity index (χ0v) is 10.9. The first-order valence-corrected chi connectivity index (χ1v) is 6.39. The van der Waals surface area contributed by atoms with Gasteiger partial charge in [-0.2, -0.15) is 0 Å². The van der Waals surface area contributed by atoms with Gasteiger partial charge < -0.3 is 19.8 Å². The second-order valence-electron chi connectivity index (χ2n) is 4.55. The molecule has 1 atom stereocenters. The Balaban J connectivity index is 1.90. The second kappa shape index (κ2) is 6.23. The SMILES string of the molecule is NC(=O)[C@H]1CCCCN1C(=O)COC(=O)c1ccco1. The minimum Gasteiger partial charge on any atom is -0.457 e. The molecule has 1 saturated heterocycles. The summed E-state index contributed by atoms with van der Waals surface area (Å²) >= 11 is 0. The van der Waals surface area contributed by atoms with E-state index in [1.165, 1.54) is 17.2 Å². The van der Waals surface area contributed by atoms with Crippen LogP contribution in [0.25, 0.3) is 0 Å². The van der Waals surface area contributed by atoms with Crippen molar-refractivity contribution in [2.45, 2.75) is 25.3 Å². The molecule has 0 spiro atoms. The molecule has 7 heteroatoms. The predicted molar refractivity (Wildman–Crippen MR) is 67.5 cm³/mol. The summed E-state index contributed by atoms with van der Waals surface area (Å²) in [6, 6.07) is 2.38. The van der Waals surface area contributed by atoms with Gasteiger partial charge >= 0.3 is 5.97 Å². The van der Waals surface area contributed by atoms with Gasteiger partial charge in [0.1, 0.15) is 6.04 Å². The highest BCUT2D eigenvalue weighted by molar-refractivity contribution is 5.90. The van der Waals surface area contributed by atoms with Gasteiger partial charge in [0, 0.05) is 6.54 Å². The van der Waals surface area contributed by atoms with Crippen LogP contribution in [0.1, 0.15) is 29.8 Å². The van der Waals surface area contributed by atoms with E-state index in [2.05, 4.69) is 0 Å². The lowest BCUT2D eigenvalue weighted by molar-refractivity contribution is -0.143. The minimum absolute atomic E-state index is 0.0305. The number of primary amides is 1. The Kier molecular flexibility index (Phi) is 4.39. The van der Waals surface area contributed by atoms with E-state index >= 15 is 0 Å². The summed E-state index contributed by atoms with van der Waals surface area (Å²) in [6.07, 6.45) is 3.55. The third-order valence-electron chi connectivity index (χ3n) is 3.20. The van der Waals surface area contributed by atoms with Crippen LogP contribution in [0, 0.1) is 0 Å². The molecule has 108 valence electrons. The maximum absolute atomic E-state index is 12.0. The van der Waals surface area contributed by atoms with E-state index in [0.29, 0.717) is 13.0 Å². The number of nitrogens with two attached hydrogens (primary N) is 1. The highest BCUT2D eigenvalue weighted by Gasteiger charge is 2.31. The number of carbonyl (C=O) groups excluding carboxylic acids is 3. The average molecular weight is 280 g/mol. The lowest BCUT2D eigenvalue weighted by atomic mass is 10.0. The predicted octanol–water partition coefficient (Wildman–Crippen LogP) is 0.303. The van der Waals surface area contributed by atoms with Crippen molar-refractivity contribution < 1.29 is 23.5 Å². The maximum atomic E-state index is 12.0. The molecule has 0 bridgehead atoms. The molecule has 2 N–H and O–H groups in total. The van der Waals surface area contributed by atoms with Crippen molar-refractivity contribution in [3.63, 3.8) is 0 Å². The van der Waals surface area contributed by atoms with Gasteiger partial charge in [-0.1, -0.05) is 0 Å². The largest absolute Gasteiger partial charge is 0.457 e. The summed E-state index contributed by atoms with van der Waals surface area (Å²) in [7, 11) is 0.